The lowest BCUT2D eigenvalue weighted by Gasteiger charge is -2.31. The zero-order valence-electron chi connectivity index (χ0n) is 10.3. The van der Waals surface area contributed by atoms with Crippen molar-refractivity contribution in [3.05, 3.63) is 29.3 Å². The molecule has 1 heterocycles. The summed E-state index contributed by atoms with van der Waals surface area (Å²) in [5.41, 5.74) is 0.436. The van der Waals surface area contributed by atoms with Crippen molar-refractivity contribution in [2.75, 3.05) is 31.2 Å². The Kier molecular flexibility index (Phi) is 3.80. The molecule has 18 heavy (non-hydrogen) atoms. The third-order valence-electron chi connectivity index (χ3n) is 3.13. The fourth-order valence-corrected chi connectivity index (χ4v) is 2.11. The highest BCUT2D eigenvalue weighted by molar-refractivity contribution is 5.56. The van der Waals surface area contributed by atoms with Crippen LogP contribution >= 0.6 is 0 Å². The van der Waals surface area contributed by atoms with Crippen molar-refractivity contribution in [1.82, 2.24) is 0 Å². The minimum atomic E-state index is -4.31. The third kappa shape index (κ3) is 2.77. The fraction of sp³-hybridized carbons (Fsp3) is 0.538. The van der Waals surface area contributed by atoms with Crippen molar-refractivity contribution >= 4 is 5.69 Å². The number of morpholine rings is 1. The molecule has 0 aromatic heterocycles. The molecule has 100 valence electrons. The number of alkyl halides is 3. The summed E-state index contributed by atoms with van der Waals surface area (Å²) in [5.74, 6) is 0. The van der Waals surface area contributed by atoms with Crippen LogP contribution < -0.4 is 4.90 Å². The SMILES string of the molecule is CCc1ccc(N2CCOCC2)c(C(F)(F)F)c1. The lowest BCUT2D eigenvalue weighted by atomic mass is 10.0. The second-order valence-corrected chi connectivity index (χ2v) is 4.30. The first kappa shape index (κ1) is 13.2. The molecule has 2 rings (SSSR count). The fourth-order valence-electron chi connectivity index (χ4n) is 2.11. The van der Waals surface area contributed by atoms with Gasteiger partial charge in [-0.25, -0.2) is 0 Å². The molecule has 1 aromatic rings. The van der Waals surface area contributed by atoms with Crippen LogP contribution in [-0.4, -0.2) is 26.3 Å². The van der Waals surface area contributed by atoms with Crippen molar-refractivity contribution in [2.24, 2.45) is 0 Å². The molecular formula is C13H16F3NO. The molecule has 0 bridgehead atoms. The molecular weight excluding hydrogens is 243 g/mol. The number of anilines is 1. The number of benzene rings is 1. The van der Waals surface area contributed by atoms with Gasteiger partial charge in [0.25, 0.3) is 0 Å². The number of nitrogens with zero attached hydrogens (tertiary/aromatic N) is 1. The van der Waals surface area contributed by atoms with E-state index in [0.29, 0.717) is 38.3 Å². The standard InChI is InChI=1S/C13H16F3NO/c1-2-10-3-4-12(11(9-10)13(14,15)16)17-5-7-18-8-6-17/h3-4,9H,2,5-8H2,1H3. The number of hydrogen-bond acceptors (Lipinski definition) is 2. The van der Waals surface area contributed by atoms with Crippen LogP contribution in [0.15, 0.2) is 18.2 Å². The van der Waals surface area contributed by atoms with E-state index in [1.54, 1.807) is 17.0 Å². The third-order valence-corrected chi connectivity index (χ3v) is 3.13. The number of halogens is 3. The zero-order valence-corrected chi connectivity index (χ0v) is 10.3. The van der Waals surface area contributed by atoms with Crippen LogP contribution in [0.3, 0.4) is 0 Å². The monoisotopic (exact) mass is 259 g/mol. The first-order chi connectivity index (χ1) is 8.52. The van der Waals surface area contributed by atoms with E-state index >= 15 is 0 Å². The van der Waals surface area contributed by atoms with Gasteiger partial charge >= 0.3 is 6.18 Å². The summed E-state index contributed by atoms with van der Waals surface area (Å²) >= 11 is 0. The van der Waals surface area contributed by atoms with E-state index in [-0.39, 0.29) is 5.69 Å². The number of ether oxygens (including phenoxy) is 1. The number of rotatable bonds is 2. The molecule has 0 radical (unpaired) electrons. The molecule has 1 fully saturated rings. The summed E-state index contributed by atoms with van der Waals surface area (Å²) in [6.45, 7) is 3.83. The molecule has 0 amide bonds. The molecule has 2 nitrogen and oxygen atoms in total. The van der Waals surface area contributed by atoms with Gasteiger partial charge in [0.1, 0.15) is 0 Å². The van der Waals surface area contributed by atoms with Crippen LogP contribution in [0, 0.1) is 0 Å². The van der Waals surface area contributed by atoms with Crippen molar-refractivity contribution in [1.29, 1.82) is 0 Å². The van der Waals surface area contributed by atoms with E-state index in [9.17, 15) is 13.2 Å². The average molecular weight is 259 g/mol. The summed E-state index contributed by atoms with van der Waals surface area (Å²) in [6.07, 6.45) is -3.70. The van der Waals surface area contributed by atoms with Gasteiger partial charge in [-0.05, 0) is 24.1 Å². The predicted octanol–water partition coefficient (Wildman–Crippen LogP) is 3.10. The van der Waals surface area contributed by atoms with E-state index in [2.05, 4.69) is 0 Å². The van der Waals surface area contributed by atoms with Gasteiger partial charge < -0.3 is 9.64 Å². The van der Waals surface area contributed by atoms with Crippen LogP contribution in [-0.2, 0) is 17.3 Å². The Morgan fingerprint density at radius 1 is 1.22 bits per heavy atom. The molecule has 0 N–H and O–H groups in total. The minimum absolute atomic E-state index is 0.267. The van der Waals surface area contributed by atoms with Crippen LogP contribution in [0.25, 0.3) is 0 Å². The summed E-state index contributed by atoms with van der Waals surface area (Å²) in [6, 6.07) is 4.60. The summed E-state index contributed by atoms with van der Waals surface area (Å²) in [4.78, 5) is 1.74. The topological polar surface area (TPSA) is 12.5 Å². The predicted molar refractivity (Wildman–Crippen MR) is 63.9 cm³/mol. The second kappa shape index (κ2) is 5.18. The Hall–Kier alpha value is -1.23. The molecule has 1 aliphatic heterocycles. The van der Waals surface area contributed by atoms with Gasteiger partial charge in [0.15, 0.2) is 0 Å². The maximum Gasteiger partial charge on any atom is 0.418 e. The zero-order chi connectivity index (χ0) is 13.2. The van der Waals surface area contributed by atoms with Crippen molar-refractivity contribution < 1.29 is 17.9 Å². The molecule has 0 aliphatic carbocycles. The van der Waals surface area contributed by atoms with Gasteiger partial charge in [-0.2, -0.15) is 13.2 Å². The van der Waals surface area contributed by atoms with Gasteiger partial charge in [-0.1, -0.05) is 13.0 Å². The van der Waals surface area contributed by atoms with Crippen LogP contribution in [0.5, 0.6) is 0 Å². The van der Waals surface area contributed by atoms with Gasteiger partial charge in [-0.3, -0.25) is 0 Å². The molecule has 1 aliphatic rings. The summed E-state index contributed by atoms with van der Waals surface area (Å²) < 4.78 is 44.4. The summed E-state index contributed by atoms with van der Waals surface area (Å²) in [7, 11) is 0. The normalized spacial score (nSPS) is 17.0. The Labute approximate surface area is 104 Å². The molecule has 0 atom stereocenters. The molecule has 0 spiro atoms. The maximum absolute atomic E-state index is 13.1. The highest BCUT2D eigenvalue weighted by Crippen LogP contribution is 2.37. The minimum Gasteiger partial charge on any atom is -0.378 e. The lowest BCUT2D eigenvalue weighted by molar-refractivity contribution is -0.137. The lowest BCUT2D eigenvalue weighted by Crippen LogP contribution is -2.37. The van der Waals surface area contributed by atoms with Crippen LogP contribution in [0.1, 0.15) is 18.1 Å². The summed E-state index contributed by atoms with van der Waals surface area (Å²) in [5, 5.41) is 0. The quantitative estimate of drug-likeness (QED) is 0.809. The van der Waals surface area contributed by atoms with Crippen molar-refractivity contribution in [3.63, 3.8) is 0 Å². The van der Waals surface area contributed by atoms with Gasteiger partial charge in [0, 0.05) is 18.8 Å². The van der Waals surface area contributed by atoms with E-state index in [4.69, 9.17) is 4.74 Å². The van der Waals surface area contributed by atoms with Gasteiger partial charge in [0.05, 0.1) is 18.8 Å². The molecule has 0 unspecified atom stereocenters. The van der Waals surface area contributed by atoms with E-state index < -0.39 is 11.7 Å². The van der Waals surface area contributed by atoms with Crippen LogP contribution in [0.2, 0.25) is 0 Å². The number of hydrogen-bond donors (Lipinski definition) is 0. The van der Waals surface area contributed by atoms with E-state index in [1.807, 2.05) is 6.92 Å². The molecule has 1 aromatic carbocycles. The Morgan fingerprint density at radius 3 is 2.44 bits per heavy atom. The Balaban J connectivity index is 2.38. The van der Waals surface area contributed by atoms with Crippen LogP contribution in [0.4, 0.5) is 18.9 Å². The van der Waals surface area contributed by atoms with Gasteiger partial charge in [-0.15, -0.1) is 0 Å². The Bertz CT molecular complexity index is 411. The smallest absolute Gasteiger partial charge is 0.378 e. The molecule has 5 heteroatoms. The highest BCUT2D eigenvalue weighted by atomic mass is 19.4. The first-order valence-electron chi connectivity index (χ1n) is 6.05. The largest absolute Gasteiger partial charge is 0.418 e. The van der Waals surface area contributed by atoms with Gasteiger partial charge in [0.2, 0.25) is 0 Å². The average Bonchev–Trinajstić information content (AvgIpc) is 2.38. The first-order valence-corrected chi connectivity index (χ1v) is 6.05. The van der Waals surface area contributed by atoms with E-state index in [0.717, 1.165) is 0 Å². The second-order valence-electron chi connectivity index (χ2n) is 4.30. The highest BCUT2D eigenvalue weighted by Gasteiger charge is 2.35. The van der Waals surface area contributed by atoms with Crippen molar-refractivity contribution in [2.45, 2.75) is 19.5 Å². The number of aryl methyl sites for hydroxylation is 1. The Morgan fingerprint density at radius 2 is 1.89 bits per heavy atom. The maximum atomic E-state index is 13.1. The van der Waals surface area contributed by atoms with Crippen molar-refractivity contribution in [3.8, 4) is 0 Å². The van der Waals surface area contributed by atoms with E-state index in [1.165, 1.54) is 6.07 Å². The molecule has 0 saturated carbocycles. The molecule has 1 saturated heterocycles.